The summed E-state index contributed by atoms with van der Waals surface area (Å²) in [6, 6.07) is 0. The predicted octanol–water partition coefficient (Wildman–Crippen LogP) is 3.78. The van der Waals surface area contributed by atoms with E-state index in [1.807, 2.05) is 13.8 Å². The largest absolute Gasteiger partial charge is 0.481 e. The number of aliphatic hydroxyl groups is 1. The van der Waals surface area contributed by atoms with Crippen molar-refractivity contribution < 1.29 is 34.8 Å². The highest BCUT2D eigenvalue weighted by atomic mass is 16.4. The highest BCUT2D eigenvalue weighted by molar-refractivity contribution is 5.74. The van der Waals surface area contributed by atoms with Gasteiger partial charge in [-0.15, -0.1) is 0 Å². The van der Waals surface area contributed by atoms with Crippen molar-refractivity contribution in [2.24, 2.45) is 17.8 Å². The van der Waals surface area contributed by atoms with Gasteiger partial charge in [0.05, 0.1) is 23.9 Å². The third kappa shape index (κ3) is 11.6. The second-order valence-electron chi connectivity index (χ2n) is 7.45. The van der Waals surface area contributed by atoms with Gasteiger partial charge in [-0.05, 0) is 38.5 Å². The van der Waals surface area contributed by atoms with E-state index in [2.05, 4.69) is 0 Å². The summed E-state index contributed by atoms with van der Waals surface area (Å²) in [5.74, 6) is -5.62. The number of carboxylic acids is 3. The van der Waals surface area contributed by atoms with Gasteiger partial charge in [0.2, 0.25) is 0 Å². The van der Waals surface area contributed by atoms with Crippen molar-refractivity contribution in [2.45, 2.75) is 90.6 Å². The molecule has 0 saturated carbocycles. The molecule has 0 bridgehead atoms. The summed E-state index contributed by atoms with van der Waals surface area (Å²) in [5, 5.41) is 38.2. The van der Waals surface area contributed by atoms with Crippen LogP contribution in [-0.4, -0.2) is 44.4 Å². The van der Waals surface area contributed by atoms with Crippen molar-refractivity contribution in [1.82, 2.24) is 0 Å². The summed E-state index contributed by atoms with van der Waals surface area (Å²) in [4.78, 5) is 34.4. The number of rotatable bonds is 17. The molecule has 0 fully saturated rings. The summed E-state index contributed by atoms with van der Waals surface area (Å²) < 4.78 is 0. The summed E-state index contributed by atoms with van der Waals surface area (Å²) in [7, 11) is 0. The van der Waals surface area contributed by atoms with Crippen LogP contribution in [0.2, 0.25) is 0 Å². The van der Waals surface area contributed by atoms with Crippen molar-refractivity contribution in [3.8, 4) is 0 Å². The maximum absolute atomic E-state index is 11.5. The monoisotopic (exact) mass is 388 g/mol. The van der Waals surface area contributed by atoms with Crippen LogP contribution in [0.3, 0.4) is 0 Å². The van der Waals surface area contributed by atoms with Gasteiger partial charge in [0.15, 0.2) is 0 Å². The lowest BCUT2D eigenvalue weighted by Crippen LogP contribution is -2.27. The van der Waals surface area contributed by atoms with Crippen LogP contribution in [0.15, 0.2) is 0 Å². The number of hydrogen-bond acceptors (Lipinski definition) is 4. The van der Waals surface area contributed by atoms with Gasteiger partial charge in [-0.3, -0.25) is 14.4 Å². The van der Waals surface area contributed by atoms with Gasteiger partial charge in [0, 0.05) is 0 Å². The minimum absolute atomic E-state index is 0.0288. The number of aliphatic hydroxyl groups excluding tert-OH is 1. The first-order valence-electron chi connectivity index (χ1n) is 10.1. The molecule has 0 aromatic rings. The molecule has 0 aromatic heterocycles. The molecule has 4 unspecified atom stereocenters. The van der Waals surface area contributed by atoms with Crippen LogP contribution in [0.4, 0.5) is 0 Å². The molecular weight excluding hydrogens is 352 g/mol. The Labute approximate surface area is 161 Å². The van der Waals surface area contributed by atoms with E-state index < -0.39 is 41.8 Å². The standard InChI is InChI=1S/C20H36O7/c1-3-5-7-9-17(21)13-16(20(26)27)12-15(19(24)25)11-10-14(18(22)23)8-6-4-2/h14-17,21H,3-13H2,1-2H3,(H,22,23)(H,24,25)(H,26,27). The van der Waals surface area contributed by atoms with Crippen molar-refractivity contribution in [2.75, 3.05) is 0 Å². The van der Waals surface area contributed by atoms with E-state index in [1.54, 1.807) is 0 Å². The average Bonchev–Trinajstić information content (AvgIpc) is 2.59. The van der Waals surface area contributed by atoms with E-state index in [4.69, 9.17) is 0 Å². The second-order valence-corrected chi connectivity index (χ2v) is 7.45. The molecule has 0 rings (SSSR count). The Morgan fingerprint density at radius 1 is 0.630 bits per heavy atom. The van der Waals surface area contributed by atoms with Crippen LogP contribution in [0, 0.1) is 17.8 Å². The van der Waals surface area contributed by atoms with E-state index in [-0.39, 0.29) is 25.7 Å². The fraction of sp³-hybridized carbons (Fsp3) is 0.850. The molecule has 0 radical (unpaired) electrons. The molecule has 7 nitrogen and oxygen atoms in total. The van der Waals surface area contributed by atoms with Gasteiger partial charge in [0.25, 0.3) is 0 Å². The molecule has 0 amide bonds. The molecule has 0 spiro atoms. The zero-order chi connectivity index (χ0) is 20.8. The van der Waals surface area contributed by atoms with E-state index >= 15 is 0 Å². The normalized spacial score (nSPS) is 15.7. The Hall–Kier alpha value is -1.63. The molecule has 0 aliphatic heterocycles. The molecule has 0 aliphatic rings. The van der Waals surface area contributed by atoms with Crippen LogP contribution in [0.1, 0.15) is 84.5 Å². The highest BCUT2D eigenvalue weighted by Gasteiger charge is 2.30. The molecule has 7 heteroatoms. The van der Waals surface area contributed by atoms with Gasteiger partial charge in [-0.25, -0.2) is 0 Å². The Bertz CT molecular complexity index is 450. The fourth-order valence-electron chi connectivity index (χ4n) is 3.30. The van der Waals surface area contributed by atoms with Crippen molar-refractivity contribution >= 4 is 17.9 Å². The summed E-state index contributed by atoms with van der Waals surface area (Å²) in [6.07, 6.45) is 4.93. The molecule has 27 heavy (non-hydrogen) atoms. The van der Waals surface area contributed by atoms with Crippen LogP contribution in [0.5, 0.6) is 0 Å². The number of aliphatic carboxylic acids is 3. The summed E-state index contributed by atoms with van der Waals surface area (Å²) in [6.45, 7) is 4.00. The lowest BCUT2D eigenvalue weighted by atomic mass is 9.84. The molecule has 0 aliphatic carbocycles. The van der Waals surface area contributed by atoms with Crippen molar-refractivity contribution in [3.05, 3.63) is 0 Å². The number of hydrogen-bond donors (Lipinski definition) is 4. The first-order chi connectivity index (χ1) is 12.7. The van der Waals surface area contributed by atoms with E-state index in [9.17, 15) is 34.8 Å². The third-order valence-corrected chi connectivity index (χ3v) is 5.08. The number of carboxylic acid groups (broad SMARTS) is 3. The smallest absolute Gasteiger partial charge is 0.306 e. The molecule has 0 aromatic carbocycles. The Morgan fingerprint density at radius 2 is 1.15 bits per heavy atom. The summed E-state index contributed by atoms with van der Waals surface area (Å²) in [5.41, 5.74) is 0. The first-order valence-corrected chi connectivity index (χ1v) is 10.1. The maximum atomic E-state index is 11.5. The van der Waals surface area contributed by atoms with Gasteiger partial charge in [0.1, 0.15) is 0 Å². The van der Waals surface area contributed by atoms with Crippen LogP contribution in [0.25, 0.3) is 0 Å². The van der Waals surface area contributed by atoms with Gasteiger partial charge < -0.3 is 20.4 Å². The van der Waals surface area contributed by atoms with E-state index in [0.29, 0.717) is 12.8 Å². The molecule has 0 heterocycles. The minimum Gasteiger partial charge on any atom is -0.481 e. The van der Waals surface area contributed by atoms with Gasteiger partial charge in [-0.2, -0.15) is 0 Å². The minimum atomic E-state index is -1.11. The quantitative estimate of drug-likeness (QED) is 0.279. The van der Waals surface area contributed by atoms with Crippen molar-refractivity contribution in [3.63, 3.8) is 0 Å². The van der Waals surface area contributed by atoms with Crippen LogP contribution < -0.4 is 0 Å². The van der Waals surface area contributed by atoms with E-state index in [0.717, 1.165) is 32.1 Å². The lowest BCUT2D eigenvalue weighted by molar-refractivity contribution is -0.148. The number of carbonyl (C=O) groups is 3. The third-order valence-electron chi connectivity index (χ3n) is 5.08. The molecule has 0 saturated heterocycles. The predicted molar refractivity (Wildman–Crippen MR) is 102 cm³/mol. The highest BCUT2D eigenvalue weighted by Crippen LogP contribution is 2.26. The average molecular weight is 389 g/mol. The zero-order valence-electron chi connectivity index (χ0n) is 16.6. The van der Waals surface area contributed by atoms with Crippen molar-refractivity contribution in [1.29, 1.82) is 0 Å². The lowest BCUT2D eigenvalue weighted by Gasteiger charge is -2.21. The maximum Gasteiger partial charge on any atom is 0.306 e. The topological polar surface area (TPSA) is 132 Å². The molecule has 4 N–H and O–H groups in total. The first kappa shape index (κ1) is 25.4. The Balaban J connectivity index is 4.77. The SMILES string of the molecule is CCCCCC(O)CC(CC(CCC(CCCC)C(=O)O)C(=O)O)C(=O)O. The van der Waals surface area contributed by atoms with Gasteiger partial charge >= 0.3 is 17.9 Å². The zero-order valence-corrected chi connectivity index (χ0v) is 16.6. The van der Waals surface area contributed by atoms with E-state index in [1.165, 1.54) is 0 Å². The van der Waals surface area contributed by atoms with Crippen LogP contribution >= 0.6 is 0 Å². The molecule has 4 atom stereocenters. The second kappa shape index (κ2) is 14.4. The fourth-order valence-corrected chi connectivity index (χ4v) is 3.30. The van der Waals surface area contributed by atoms with Gasteiger partial charge in [-0.1, -0.05) is 46.0 Å². The molecule has 158 valence electrons. The Morgan fingerprint density at radius 3 is 1.63 bits per heavy atom. The van der Waals surface area contributed by atoms with Crippen LogP contribution in [-0.2, 0) is 14.4 Å². The Kier molecular flexibility index (Phi) is 13.6. The molecular formula is C20H36O7. The number of unbranched alkanes of at least 4 members (excludes halogenated alkanes) is 3. The summed E-state index contributed by atoms with van der Waals surface area (Å²) >= 11 is 0.